The van der Waals surface area contributed by atoms with E-state index in [0.717, 1.165) is 18.7 Å². The molecular formula is C17H23N3. The first-order chi connectivity index (χ1) is 9.81. The third-order valence-corrected chi connectivity index (χ3v) is 4.76. The molecular weight excluding hydrogens is 246 g/mol. The molecule has 2 heterocycles. The normalized spacial score (nSPS) is 26.5. The molecule has 2 atom stereocenters. The Bertz CT molecular complexity index is 511. The van der Waals surface area contributed by atoms with Crippen molar-refractivity contribution in [2.24, 2.45) is 0 Å². The molecule has 2 fully saturated rings. The first-order valence-electron chi connectivity index (χ1n) is 7.81. The molecule has 2 saturated heterocycles. The summed E-state index contributed by atoms with van der Waals surface area (Å²) in [4.78, 5) is 2.51. The van der Waals surface area contributed by atoms with Gasteiger partial charge in [-0.3, -0.25) is 0 Å². The quantitative estimate of drug-likeness (QED) is 0.897. The minimum absolute atomic E-state index is 0.555. The maximum atomic E-state index is 9.43. The van der Waals surface area contributed by atoms with E-state index in [9.17, 15) is 5.26 Å². The van der Waals surface area contributed by atoms with Gasteiger partial charge < -0.3 is 10.2 Å². The van der Waals surface area contributed by atoms with Gasteiger partial charge in [0.05, 0.1) is 11.3 Å². The average molecular weight is 269 g/mol. The third-order valence-electron chi connectivity index (χ3n) is 4.76. The minimum Gasteiger partial charge on any atom is -0.366 e. The van der Waals surface area contributed by atoms with Crippen molar-refractivity contribution >= 4 is 5.69 Å². The van der Waals surface area contributed by atoms with Gasteiger partial charge >= 0.3 is 0 Å². The molecule has 3 rings (SSSR count). The maximum Gasteiger partial charge on any atom is 0.101 e. The largest absolute Gasteiger partial charge is 0.366 e. The second kappa shape index (κ2) is 5.85. The fraction of sp³-hybridized carbons (Fsp3) is 0.588. The standard InChI is InChI=1S/C17H23N3/c1-13-6-4-7-14(12-18)17(13)20-11-3-2-9-16(20)15-8-5-10-19-15/h4,6-7,15-16,19H,2-3,5,8-11H2,1H3. The van der Waals surface area contributed by atoms with E-state index in [-0.39, 0.29) is 0 Å². The molecule has 106 valence electrons. The lowest BCUT2D eigenvalue weighted by Crippen LogP contribution is -2.50. The van der Waals surface area contributed by atoms with Crippen molar-refractivity contribution < 1.29 is 0 Å². The Morgan fingerprint density at radius 1 is 1.25 bits per heavy atom. The van der Waals surface area contributed by atoms with Gasteiger partial charge in [-0.25, -0.2) is 0 Å². The van der Waals surface area contributed by atoms with Gasteiger partial charge in [-0.1, -0.05) is 12.1 Å². The van der Waals surface area contributed by atoms with Crippen LogP contribution in [-0.2, 0) is 0 Å². The summed E-state index contributed by atoms with van der Waals surface area (Å²) >= 11 is 0. The van der Waals surface area contributed by atoms with Crippen molar-refractivity contribution in [3.63, 3.8) is 0 Å². The Balaban J connectivity index is 1.95. The van der Waals surface area contributed by atoms with Crippen LogP contribution in [0.25, 0.3) is 0 Å². The molecule has 0 aromatic heterocycles. The molecule has 1 N–H and O–H groups in total. The molecule has 1 aromatic carbocycles. The number of aryl methyl sites for hydroxylation is 1. The van der Waals surface area contributed by atoms with Crippen molar-refractivity contribution in [2.75, 3.05) is 18.0 Å². The molecule has 2 aliphatic rings. The van der Waals surface area contributed by atoms with E-state index >= 15 is 0 Å². The Labute approximate surface area is 121 Å². The number of hydrogen-bond acceptors (Lipinski definition) is 3. The van der Waals surface area contributed by atoms with Crippen molar-refractivity contribution in [1.82, 2.24) is 5.32 Å². The first kappa shape index (κ1) is 13.5. The minimum atomic E-state index is 0.555. The van der Waals surface area contributed by atoms with Gasteiger partial charge in [-0.05, 0) is 57.2 Å². The molecule has 3 heteroatoms. The molecule has 0 aliphatic carbocycles. The number of hydrogen-bond donors (Lipinski definition) is 1. The van der Waals surface area contributed by atoms with Crippen LogP contribution in [0.15, 0.2) is 18.2 Å². The second-order valence-electron chi connectivity index (χ2n) is 6.04. The van der Waals surface area contributed by atoms with Crippen LogP contribution < -0.4 is 10.2 Å². The molecule has 20 heavy (non-hydrogen) atoms. The van der Waals surface area contributed by atoms with Crippen LogP contribution in [0.2, 0.25) is 0 Å². The first-order valence-corrected chi connectivity index (χ1v) is 7.81. The van der Waals surface area contributed by atoms with E-state index < -0.39 is 0 Å². The van der Waals surface area contributed by atoms with E-state index in [4.69, 9.17) is 0 Å². The molecule has 1 aromatic rings. The van der Waals surface area contributed by atoms with Crippen molar-refractivity contribution in [3.05, 3.63) is 29.3 Å². The molecule has 0 spiro atoms. The summed E-state index contributed by atoms with van der Waals surface area (Å²) in [5.74, 6) is 0. The number of nitrogens with zero attached hydrogens (tertiary/aromatic N) is 2. The van der Waals surface area contributed by atoms with E-state index in [0.29, 0.717) is 12.1 Å². The summed E-state index contributed by atoms with van der Waals surface area (Å²) in [7, 11) is 0. The molecule has 0 amide bonds. The van der Waals surface area contributed by atoms with Gasteiger partial charge in [0.1, 0.15) is 6.07 Å². The zero-order valence-electron chi connectivity index (χ0n) is 12.2. The van der Waals surface area contributed by atoms with Crippen LogP contribution in [0, 0.1) is 18.3 Å². The molecule has 3 nitrogen and oxygen atoms in total. The summed E-state index contributed by atoms with van der Waals surface area (Å²) in [5, 5.41) is 13.1. The SMILES string of the molecule is Cc1cccc(C#N)c1N1CCCCC1C1CCCN1. The Kier molecular flexibility index (Phi) is 3.93. The third kappa shape index (κ3) is 2.41. The number of rotatable bonds is 2. The number of nitrogens with one attached hydrogen (secondary N) is 1. The molecule has 2 aliphatic heterocycles. The van der Waals surface area contributed by atoms with Crippen molar-refractivity contribution in [2.45, 2.75) is 51.1 Å². The highest BCUT2D eigenvalue weighted by molar-refractivity contribution is 5.65. The molecule has 0 radical (unpaired) electrons. The zero-order valence-corrected chi connectivity index (χ0v) is 12.2. The van der Waals surface area contributed by atoms with Crippen LogP contribution >= 0.6 is 0 Å². The zero-order chi connectivity index (χ0) is 13.9. The molecule has 0 saturated carbocycles. The fourth-order valence-corrected chi connectivity index (χ4v) is 3.82. The monoisotopic (exact) mass is 269 g/mol. The topological polar surface area (TPSA) is 39.1 Å². The molecule has 0 bridgehead atoms. The fourth-order valence-electron chi connectivity index (χ4n) is 3.82. The summed E-state index contributed by atoms with van der Waals surface area (Å²) in [5.41, 5.74) is 3.23. The summed E-state index contributed by atoms with van der Waals surface area (Å²) in [6, 6.07) is 9.61. The Morgan fingerprint density at radius 3 is 2.90 bits per heavy atom. The van der Waals surface area contributed by atoms with Crippen molar-refractivity contribution in [3.8, 4) is 6.07 Å². The van der Waals surface area contributed by atoms with Crippen LogP contribution in [0.5, 0.6) is 0 Å². The van der Waals surface area contributed by atoms with Gasteiger partial charge in [0.15, 0.2) is 0 Å². The highest BCUT2D eigenvalue weighted by atomic mass is 15.2. The van der Waals surface area contributed by atoms with E-state index in [1.807, 2.05) is 12.1 Å². The number of anilines is 1. The molecule has 2 unspecified atom stereocenters. The summed E-state index contributed by atoms with van der Waals surface area (Å²) in [6.45, 7) is 4.36. The van der Waals surface area contributed by atoms with E-state index in [1.165, 1.54) is 43.4 Å². The van der Waals surface area contributed by atoms with Gasteiger partial charge in [0.25, 0.3) is 0 Å². The summed E-state index contributed by atoms with van der Waals surface area (Å²) < 4.78 is 0. The van der Waals surface area contributed by atoms with Crippen LogP contribution in [0.3, 0.4) is 0 Å². The lowest BCUT2D eigenvalue weighted by Gasteiger charge is -2.42. The number of nitriles is 1. The van der Waals surface area contributed by atoms with Gasteiger partial charge in [-0.2, -0.15) is 5.26 Å². The number of para-hydroxylation sites is 1. The van der Waals surface area contributed by atoms with Crippen LogP contribution in [-0.4, -0.2) is 25.2 Å². The van der Waals surface area contributed by atoms with Gasteiger partial charge in [-0.15, -0.1) is 0 Å². The Hall–Kier alpha value is -1.53. The highest BCUT2D eigenvalue weighted by Gasteiger charge is 2.33. The lowest BCUT2D eigenvalue weighted by molar-refractivity contribution is 0.378. The number of benzene rings is 1. The van der Waals surface area contributed by atoms with Crippen LogP contribution in [0.1, 0.15) is 43.2 Å². The second-order valence-corrected chi connectivity index (χ2v) is 6.04. The number of piperidine rings is 1. The predicted octanol–water partition coefficient (Wildman–Crippen LogP) is 2.98. The van der Waals surface area contributed by atoms with Gasteiger partial charge in [0.2, 0.25) is 0 Å². The summed E-state index contributed by atoms with van der Waals surface area (Å²) in [6.07, 6.45) is 6.36. The predicted molar refractivity (Wildman–Crippen MR) is 81.9 cm³/mol. The average Bonchev–Trinajstić information content (AvgIpc) is 3.01. The van der Waals surface area contributed by atoms with Crippen LogP contribution in [0.4, 0.5) is 5.69 Å². The smallest absolute Gasteiger partial charge is 0.101 e. The van der Waals surface area contributed by atoms with Crippen molar-refractivity contribution in [1.29, 1.82) is 5.26 Å². The maximum absolute atomic E-state index is 9.43. The lowest BCUT2D eigenvalue weighted by atomic mass is 9.92. The van der Waals surface area contributed by atoms with E-state index in [2.05, 4.69) is 29.3 Å². The Morgan fingerprint density at radius 2 is 2.15 bits per heavy atom. The van der Waals surface area contributed by atoms with Gasteiger partial charge in [0, 0.05) is 18.6 Å². The highest BCUT2D eigenvalue weighted by Crippen LogP contribution is 2.33. The van der Waals surface area contributed by atoms with E-state index in [1.54, 1.807) is 0 Å².